The molecule has 3 aromatic rings. The number of amides is 1. The second-order valence-electron chi connectivity index (χ2n) is 7.17. The molecule has 0 aliphatic heterocycles. The average Bonchev–Trinajstić information content (AvgIpc) is 3.06. The fraction of sp³-hybridized carbons (Fsp3) is 0.391. The summed E-state index contributed by atoms with van der Waals surface area (Å²) in [6.45, 7) is 4.70. The Morgan fingerprint density at radius 1 is 1.00 bits per heavy atom. The smallest absolute Gasteiger partial charge is 0.329 e. The number of carbonyl (C=O) groups is 1. The van der Waals surface area contributed by atoms with E-state index in [1.807, 2.05) is 50.2 Å². The molecule has 1 atom stereocenters. The van der Waals surface area contributed by atoms with E-state index in [1.165, 1.54) is 0 Å². The van der Waals surface area contributed by atoms with Gasteiger partial charge in [0, 0.05) is 19.5 Å². The summed E-state index contributed by atoms with van der Waals surface area (Å²) in [7, 11) is 4.65. The summed E-state index contributed by atoms with van der Waals surface area (Å²) in [5.41, 5.74) is 2.43. The molecule has 1 aromatic heterocycles. The maximum absolute atomic E-state index is 12.7. The van der Waals surface area contributed by atoms with Crippen molar-refractivity contribution in [3.63, 3.8) is 0 Å². The van der Waals surface area contributed by atoms with Gasteiger partial charge in [0.2, 0.25) is 11.7 Å². The van der Waals surface area contributed by atoms with E-state index in [2.05, 4.69) is 5.32 Å². The van der Waals surface area contributed by atoms with Gasteiger partial charge in [0.05, 0.1) is 38.4 Å². The van der Waals surface area contributed by atoms with E-state index in [1.54, 1.807) is 30.5 Å². The van der Waals surface area contributed by atoms with Crippen LogP contribution < -0.4 is 25.2 Å². The lowest BCUT2D eigenvalue weighted by Gasteiger charge is -2.19. The molecule has 166 valence electrons. The van der Waals surface area contributed by atoms with Crippen molar-refractivity contribution >= 4 is 16.9 Å². The summed E-state index contributed by atoms with van der Waals surface area (Å²) in [6, 6.07) is 11.0. The number of benzene rings is 2. The maximum Gasteiger partial charge on any atom is 0.329 e. The van der Waals surface area contributed by atoms with Gasteiger partial charge in [0.1, 0.15) is 0 Å². The summed E-state index contributed by atoms with van der Waals surface area (Å²) in [5, 5.41) is 2.98. The second kappa shape index (κ2) is 9.59. The van der Waals surface area contributed by atoms with Gasteiger partial charge in [-0.25, -0.2) is 4.79 Å². The number of imidazole rings is 1. The second-order valence-corrected chi connectivity index (χ2v) is 7.17. The monoisotopic (exact) mass is 427 g/mol. The highest BCUT2D eigenvalue weighted by molar-refractivity contribution is 5.78. The topological polar surface area (TPSA) is 83.7 Å². The summed E-state index contributed by atoms with van der Waals surface area (Å²) >= 11 is 0. The number of methoxy groups -OCH3 is 3. The number of fused-ring (bicyclic) bond motifs is 1. The number of nitrogens with zero attached hydrogens (tertiary/aromatic N) is 2. The number of hydrogen-bond donors (Lipinski definition) is 1. The van der Waals surface area contributed by atoms with E-state index < -0.39 is 0 Å². The molecular formula is C23H29N3O5. The molecule has 0 aliphatic carbocycles. The van der Waals surface area contributed by atoms with Crippen molar-refractivity contribution in [2.24, 2.45) is 0 Å². The average molecular weight is 428 g/mol. The summed E-state index contributed by atoms with van der Waals surface area (Å²) < 4.78 is 19.5. The Morgan fingerprint density at radius 3 is 2.10 bits per heavy atom. The first-order valence-corrected chi connectivity index (χ1v) is 10.2. The van der Waals surface area contributed by atoms with Crippen molar-refractivity contribution in [2.75, 3.05) is 21.3 Å². The number of ether oxygens (including phenoxy) is 3. The quantitative estimate of drug-likeness (QED) is 0.567. The maximum atomic E-state index is 12.7. The zero-order chi connectivity index (χ0) is 22.5. The minimum atomic E-state index is -0.282. The SMILES string of the molecule is CCn1c(=O)n(CCC(=O)NC(C)c2cc(OC)c(OC)c(OC)c2)c2ccccc21. The van der Waals surface area contributed by atoms with Crippen LogP contribution in [0.1, 0.15) is 31.9 Å². The number of carbonyl (C=O) groups excluding carboxylic acids is 1. The third kappa shape index (κ3) is 4.38. The number of nitrogens with one attached hydrogen (secondary N) is 1. The number of aryl methyl sites for hydroxylation is 2. The van der Waals surface area contributed by atoms with Crippen LogP contribution in [0.4, 0.5) is 0 Å². The minimum Gasteiger partial charge on any atom is -0.493 e. The van der Waals surface area contributed by atoms with Crippen molar-refractivity contribution in [1.82, 2.24) is 14.5 Å². The standard InChI is InChI=1S/C23H29N3O5/c1-6-25-17-9-7-8-10-18(17)26(23(25)28)12-11-21(27)24-15(2)16-13-19(29-3)22(31-5)20(14-16)30-4/h7-10,13-15H,6,11-12H2,1-5H3,(H,24,27). The fourth-order valence-corrected chi connectivity index (χ4v) is 3.76. The normalized spacial score (nSPS) is 11.9. The zero-order valence-electron chi connectivity index (χ0n) is 18.6. The Labute approximate surface area is 181 Å². The van der Waals surface area contributed by atoms with Crippen molar-refractivity contribution in [3.05, 3.63) is 52.4 Å². The van der Waals surface area contributed by atoms with Crippen LogP contribution in [0, 0.1) is 0 Å². The highest BCUT2D eigenvalue weighted by atomic mass is 16.5. The molecule has 0 saturated carbocycles. The van der Waals surface area contributed by atoms with Crippen LogP contribution in [0.25, 0.3) is 11.0 Å². The molecule has 0 aliphatic rings. The molecule has 1 unspecified atom stereocenters. The van der Waals surface area contributed by atoms with Crippen LogP contribution in [0.2, 0.25) is 0 Å². The first kappa shape index (κ1) is 22.3. The minimum absolute atomic E-state index is 0.103. The molecule has 1 amide bonds. The van der Waals surface area contributed by atoms with Gasteiger partial charge in [0.15, 0.2) is 11.5 Å². The van der Waals surface area contributed by atoms with E-state index in [-0.39, 0.29) is 24.1 Å². The Kier molecular flexibility index (Phi) is 6.89. The third-order valence-electron chi connectivity index (χ3n) is 5.37. The Morgan fingerprint density at radius 2 is 1.58 bits per heavy atom. The third-order valence-corrected chi connectivity index (χ3v) is 5.37. The van der Waals surface area contributed by atoms with Crippen LogP contribution in [-0.4, -0.2) is 36.4 Å². The Hall–Kier alpha value is -3.42. The largest absolute Gasteiger partial charge is 0.493 e. The molecule has 3 rings (SSSR count). The lowest BCUT2D eigenvalue weighted by atomic mass is 10.1. The molecule has 2 aromatic carbocycles. The van der Waals surface area contributed by atoms with E-state index in [9.17, 15) is 9.59 Å². The van der Waals surface area contributed by atoms with Crippen LogP contribution >= 0.6 is 0 Å². The molecule has 0 saturated heterocycles. The van der Waals surface area contributed by atoms with Crippen molar-refractivity contribution in [3.8, 4) is 17.2 Å². The van der Waals surface area contributed by atoms with Gasteiger partial charge >= 0.3 is 5.69 Å². The molecule has 1 N–H and O–H groups in total. The number of para-hydroxylation sites is 2. The number of rotatable bonds is 9. The molecule has 1 heterocycles. The number of hydrogen-bond acceptors (Lipinski definition) is 5. The van der Waals surface area contributed by atoms with Crippen LogP contribution in [0.15, 0.2) is 41.2 Å². The first-order chi connectivity index (χ1) is 14.9. The van der Waals surface area contributed by atoms with Gasteiger partial charge in [0.25, 0.3) is 0 Å². The highest BCUT2D eigenvalue weighted by Crippen LogP contribution is 2.39. The fourth-order valence-electron chi connectivity index (χ4n) is 3.76. The predicted molar refractivity (Wildman–Crippen MR) is 119 cm³/mol. The summed E-state index contributed by atoms with van der Waals surface area (Å²) in [4.78, 5) is 25.4. The Balaban J connectivity index is 1.74. The van der Waals surface area contributed by atoms with Gasteiger partial charge in [-0.2, -0.15) is 0 Å². The first-order valence-electron chi connectivity index (χ1n) is 10.2. The molecule has 0 spiro atoms. The van der Waals surface area contributed by atoms with Crippen LogP contribution in [0.3, 0.4) is 0 Å². The van der Waals surface area contributed by atoms with Gasteiger partial charge in [-0.1, -0.05) is 12.1 Å². The lowest BCUT2D eigenvalue weighted by molar-refractivity contribution is -0.121. The van der Waals surface area contributed by atoms with Crippen LogP contribution in [0.5, 0.6) is 17.2 Å². The predicted octanol–water partition coefficient (Wildman–Crippen LogP) is 3.12. The Bertz CT molecular complexity index is 1110. The molecular weight excluding hydrogens is 398 g/mol. The van der Waals surface area contributed by atoms with Crippen LogP contribution in [-0.2, 0) is 17.9 Å². The summed E-state index contributed by atoms with van der Waals surface area (Å²) in [5.74, 6) is 1.40. The van der Waals surface area contributed by atoms with Gasteiger partial charge < -0.3 is 19.5 Å². The van der Waals surface area contributed by atoms with Gasteiger partial charge in [-0.3, -0.25) is 13.9 Å². The van der Waals surface area contributed by atoms with E-state index in [4.69, 9.17) is 14.2 Å². The zero-order valence-corrected chi connectivity index (χ0v) is 18.6. The lowest BCUT2D eigenvalue weighted by Crippen LogP contribution is -2.30. The molecule has 0 fully saturated rings. The van der Waals surface area contributed by atoms with E-state index in [0.29, 0.717) is 30.3 Å². The van der Waals surface area contributed by atoms with Crippen molar-refractivity contribution in [1.29, 1.82) is 0 Å². The van der Waals surface area contributed by atoms with E-state index in [0.717, 1.165) is 16.6 Å². The van der Waals surface area contributed by atoms with Gasteiger partial charge in [-0.05, 0) is 43.7 Å². The molecule has 0 bridgehead atoms. The highest BCUT2D eigenvalue weighted by Gasteiger charge is 2.18. The molecule has 0 radical (unpaired) electrons. The van der Waals surface area contributed by atoms with Gasteiger partial charge in [-0.15, -0.1) is 0 Å². The molecule has 8 nitrogen and oxygen atoms in total. The summed E-state index contributed by atoms with van der Waals surface area (Å²) in [6.07, 6.45) is 0.187. The number of aromatic nitrogens is 2. The molecule has 8 heteroatoms. The van der Waals surface area contributed by atoms with E-state index >= 15 is 0 Å². The van der Waals surface area contributed by atoms with Crippen molar-refractivity contribution < 1.29 is 19.0 Å². The van der Waals surface area contributed by atoms with Crippen molar-refractivity contribution in [2.45, 2.75) is 39.4 Å². The molecule has 31 heavy (non-hydrogen) atoms.